The van der Waals surface area contributed by atoms with E-state index in [2.05, 4.69) is 4.98 Å². The van der Waals surface area contributed by atoms with Crippen LogP contribution in [0, 0.1) is 10.1 Å². The van der Waals surface area contributed by atoms with E-state index in [9.17, 15) is 18.5 Å². The monoisotopic (exact) mass is 280 g/mol. The molecule has 0 bridgehead atoms. The number of halogens is 1. The van der Waals surface area contributed by atoms with Gasteiger partial charge in [-0.2, -0.15) is 4.98 Å². The number of aromatic nitrogens is 1. The maximum absolute atomic E-state index is 11.7. The molecular formula is C8H9ClN2O5S. The van der Waals surface area contributed by atoms with Gasteiger partial charge in [0.05, 0.1) is 17.8 Å². The Bertz CT molecular complexity index is 531. The van der Waals surface area contributed by atoms with Crippen molar-refractivity contribution in [1.29, 1.82) is 0 Å². The molecule has 17 heavy (non-hydrogen) atoms. The maximum atomic E-state index is 11.7. The van der Waals surface area contributed by atoms with Gasteiger partial charge >= 0.3 is 5.69 Å². The van der Waals surface area contributed by atoms with Gasteiger partial charge in [-0.25, -0.2) is 8.42 Å². The van der Waals surface area contributed by atoms with E-state index in [1.54, 1.807) is 0 Å². The lowest BCUT2D eigenvalue weighted by Gasteiger charge is -2.04. The molecule has 94 valence electrons. The van der Waals surface area contributed by atoms with Crippen LogP contribution in [0.15, 0.2) is 17.2 Å². The summed E-state index contributed by atoms with van der Waals surface area (Å²) in [6.07, 6.45) is 0. The highest BCUT2D eigenvalue weighted by Gasteiger charge is 2.27. The molecule has 0 unspecified atom stereocenters. The Kier molecular flexibility index (Phi) is 4.24. The highest BCUT2D eigenvalue weighted by molar-refractivity contribution is 7.91. The summed E-state index contributed by atoms with van der Waals surface area (Å²) in [5, 5.41) is 10.1. The standard InChI is InChI=1S/C8H9ClN2O5S/c1-16-7-3-2-6(11(12)13)8(10-7)17(14,15)5-4-9/h2-3H,4-5H2,1H3. The minimum Gasteiger partial charge on any atom is -0.481 e. The van der Waals surface area contributed by atoms with Crippen molar-refractivity contribution in [2.75, 3.05) is 18.7 Å². The summed E-state index contributed by atoms with van der Waals surface area (Å²) in [6.45, 7) is 0. The second kappa shape index (κ2) is 5.28. The van der Waals surface area contributed by atoms with Crippen molar-refractivity contribution in [2.45, 2.75) is 5.03 Å². The van der Waals surface area contributed by atoms with E-state index < -0.39 is 31.2 Å². The minimum absolute atomic E-state index is 0.0104. The molecule has 1 aromatic rings. The van der Waals surface area contributed by atoms with Crippen molar-refractivity contribution in [2.24, 2.45) is 0 Å². The molecule has 0 aromatic carbocycles. The molecule has 0 radical (unpaired) electrons. The lowest BCUT2D eigenvalue weighted by atomic mass is 10.4. The summed E-state index contributed by atoms with van der Waals surface area (Å²) in [5.74, 6) is -0.600. The SMILES string of the molecule is COc1ccc([N+](=O)[O-])c(S(=O)(=O)CCCl)n1. The topological polar surface area (TPSA) is 99.4 Å². The first-order chi connectivity index (χ1) is 7.92. The average Bonchev–Trinajstić information content (AvgIpc) is 2.28. The predicted octanol–water partition coefficient (Wildman–Crippen LogP) is 1.01. The zero-order valence-corrected chi connectivity index (χ0v) is 10.4. The number of nitrogens with zero attached hydrogens (tertiary/aromatic N) is 2. The fourth-order valence-corrected chi connectivity index (χ4v) is 2.79. The summed E-state index contributed by atoms with van der Waals surface area (Å²) in [4.78, 5) is 13.5. The summed E-state index contributed by atoms with van der Waals surface area (Å²) in [6, 6.07) is 2.25. The molecule has 1 heterocycles. The molecule has 0 aliphatic carbocycles. The third kappa shape index (κ3) is 3.04. The van der Waals surface area contributed by atoms with Crippen LogP contribution >= 0.6 is 11.6 Å². The van der Waals surface area contributed by atoms with Crippen LogP contribution in [-0.4, -0.2) is 37.1 Å². The zero-order chi connectivity index (χ0) is 13.1. The van der Waals surface area contributed by atoms with Gasteiger partial charge in [-0.05, 0) is 0 Å². The summed E-state index contributed by atoms with van der Waals surface area (Å²) >= 11 is 5.33. The molecule has 0 N–H and O–H groups in total. The first-order valence-corrected chi connectivity index (χ1v) is 6.59. The van der Waals surface area contributed by atoms with E-state index in [0.717, 1.165) is 6.07 Å². The van der Waals surface area contributed by atoms with Crippen molar-refractivity contribution in [1.82, 2.24) is 4.98 Å². The number of sulfone groups is 1. The number of hydrogen-bond donors (Lipinski definition) is 0. The molecule has 1 rings (SSSR count). The van der Waals surface area contributed by atoms with Gasteiger partial charge in [-0.15, -0.1) is 11.6 Å². The average molecular weight is 281 g/mol. The lowest BCUT2D eigenvalue weighted by molar-refractivity contribution is -0.388. The van der Waals surface area contributed by atoms with Crippen LogP contribution in [0.3, 0.4) is 0 Å². The number of hydrogen-bond acceptors (Lipinski definition) is 6. The lowest BCUT2D eigenvalue weighted by Crippen LogP contribution is -2.12. The van der Waals surface area contributed by atoms with Gasteiger partial charge in [0.2, 0.25) is 20.7 Å². The maximum Gasteiger partial charge on any atom is 0.306 e. The molecule has 0 saturated carbocycles. The second-order valence-electron chi connectivity index (χ2n) is 2.94. The van der Waals surface area contributed by atoms with Crippen LogP contribution in [0.25, 0.3) is 0 Å². The Morgan fingerprint density at radius 3 is 2.65 bits per heavy atom. The summed E-state index contributed by atoms with van der Waals surface area (Å²) in [7, 11) is -2.60. The number of pyridine rings is 1. The van der Waals surface area contributed by atoms with Gasteiger partial charge in [0.15, 0.2) is 0 Å². The highest BCUT2D eigenvalue weighted by Crippen LogP contribution is 2.25. The second-order valence-corrected chi connectivity index (χ2v) is 5.35. The van der Waals surface area contributed by atoms with Crippen molar-refractivity contribution < 1.29 is 18.1 Å². The number of ether oxygens (including phenoxy) is 1. The third-order valence-corrected chi connectivity index (χ3v) is 3.91. The highest BCUT2D eigenvalue weighted by atomic mass is 35.5. The van der Waals surface area contributed by atoms with Gasteiger partial charge in [-0.3, -0.25) is 10.1 Å². The fourth-order valence-electron chi connectivity index (χ4n) is 1.10. The number of alkyl halides is 1. The van der Waals surface area contributed by atoms with E-state index in [-0.39, 0.29) is 11.8 Å². The Balaban J connectivity index is 3.42. The van der Waals surface area contributed by atoms with Gasteiger partial charge in [0.1, 0.15) is 0 Å². The Labute approximate surface area is 102 Å². The fraction of sp³-hybridized carbons (Fsp3) is 0.375. The summed E-state index contributed by atoms with van der Waals surface area (Å²) < 4.78 is 28.2. The molecular weight excluding hydrogens is 272 g/mol. The van der Waals surface area contributed by atoms with E-state index in [4.69, 9.17) is 16.3 Å². The van der Waals surface area contributed by atoms with Crippen LogP contribution in [-0.2, 0) is 9.84 Å². The van der Waals surface area contributed by atoms with Crippen molar-refractivity contribution >= 4 is 27.1 Å². The predicted molar refractivity (Wildman–Crippen MR) is 60.2 cm³/mol. The number of rotatable bonds is 5. The Hall–Kier alpha value is -1.41. The van der Waals surface area contributed by atoms with Gasteiger partial charge < -0.3 is 4.74 Å². The van der Waals surface area contributed by atoms with Crippen LogP contribution in [0.4, 0.5) is 5.69 Å². The Morgan fingerprint density at radius 1 is 1.53 bits per heavy atom. The van der Waals surface area contributed by atoms with Gasteiger partial charge in [0, 0.05) is 18.0 Å². The molecule has 0 saturated heterocycles. The first kappa shape index (κ1) is 13.7. The molecule has 0 atom stereocenters. The molecule has 1 aromatic heterocycles. The van der Waals surface area contributed by atoms with Crippen molar-refractivity contribution in [3.63, 3.8) is 0 Å². The molecule has 0 fully saturated rings. The van der Waals surface area contributed by atoms with E-state index >= 15 is 0 Å². The number of methoxy groups -OCH3 is 1. The largest absolute Gasteiger partial charge is 0.481 e. The minimum atomic E-state index is -3.88. The molecule has 0 amide bonds. The molecule has 7 nitrogen and oxygen atoms in total. The van der Waals surface area contributed by atoms with Crippen LogP contribution in [0.2, 0.25) is 0 Å². The van der Waals surface area contributed by atoms with E-state index in [1.807, 2.05) is 0 Å². The number of nitro groups is 1. The zero-order valence-electron chi connectivity index (χ0n) is 8.79. The van der Waals surface area contributed by atoms with Gasteiger partial charge in [-0.1, -0.05) is 0 Å². The molecule has 0 aliphatic rings. The van der Waals surface area contributed by atoms with E-state index in [1.165, 1.54) is 13.2 Å². The van der Waals surface area contributed by atoms with Crippen LogP contribution in [0.5, 0.6) is 5.88 Å². The summed E-state index contributed by atoms with van der Waals surface area (Å²) in [5.41, 5.74) is -0.587. The van der Waals surface area contributed by atoms with Crippen molar-refractivity contribution in [3.8, 4) is 5.88 Å². The molecule has 9 heteroatoms. The smallest absolute Gasteiger partial charge is 0.306 e. The molecule has 0 spiro atoms. The molecule has 0 aliphatic heterocycles. The van der Waals surface area contributed by atoms with Crippen molar-refractivity contribution in [3.05, 3.63) is 22.2 Å². The quantitative estimate of drug-likeness (QED) is 0.453. The van der Waals surface area contributed by atoms with Crippen LogP contribution < -0.4 is 4.74 Å². The van der Waals surface area contributed by atoms with E-state index in [0.29, 0.717) is 0 Å². The normalized spacial score (nSPS) is 11.2. The Morgan fingerprint density at radius 2 is 2.18 bits per heavy atom. The first-order valence-electron chi connectivity index (χ1n) is 4.40. The third-order valence-electron chi connectivity index (χ3n) is 1.86. The van der Waals surface area contributed by atoms with Gasteiger partial charge in [0.25, 0.3) is 0 Å². The van der Waals surface area contributed by atoms with Crippen LogP contribution in [0.1, 0.15) is 0 Å².